The Balaban J connectivity index is 1.28. The number of ether oxygens (including phenoxy) is 1. The summed E-state index contributed by atoms with van der Waals surface area (Å²) >= 11 is 1.48. The molecular weight excluding hydrogens is 440 g/mol. The van der Waals surface area contributed by atoms with Gasteiger partial charge in [0.2, 0.25) is 0 Å². The van der Waals surface area contributed by atoms with E-state index >= 15 is 0 Å². The lowest BCUT2D eigenvalue weighted by molar-refractivity contribution is -0.939. The zero-order chi connectivity index (χ0) is 22.9. The van der Waals surface area contributed by atoms with Crippen LogP contribution in [-0.4, -0.2) is 63.7 Å². The van der Waals surface area contributed by atoms with E-state index in [0.717, 1.165) is 51.6 Å². The molecule has 6 rings (SSSR count). The first-order chi connectivity index (χ1) is 16.0. The van der Waals surface area contributed by atoms with E-state index in [4.69, 9.17) is 4.74 Å². The zero-order valence-corrected chi connectivity index (χ0v) is 19.5. The van der Waals surface area contributed by atoms with Crippen molar-refractivity contribution in [2.45, 2.75) is 50.2 Å². The number of piperidine rings is 3. The Morgan fingerprint density at radius 3 is 2.67 bits per heavy atom. The molecule has 9 heteroatoms. The minimum Gasteiger partial charge on any atom is -0.454 e. The second kappa shape index (κ2) is 9.12. The molecular formula is C24H31N4O4S+. The van der Waals surface area contributed by atoms with Gasteiger partial charge in [-0.1, -0.05) is 12.8 Å². The molecule has 0 spiro atoms. The van der Waals surface area contributed by atoms with E-state index in [2.05, 4.69) is 15.3 Å². The van der Waals surface area contributed by atoms with Crippen LogP contribution in [0.25, 0.3) is 0 Å². The SMILES string of the molecule is O=C(C[N+]12CCC(CC1)C(OC(=O)[C@](O)(c1ccsc1)C1CCCC1)C2)Nc1cnccn1. The molecule has 3 saturated heterocycles. The Hall–Kier alpha value is -2.36. The summed E-state index contributed by atoms with van der Waals surface area (Å²) < 4.78 is 6.70. The molecule has 1 unspecified atom stereocenters. The van der Waals surface area contributed by atoms with Gasteiger partial charge in [-0.05, 0) is 29.7 Å². The Kier molecular flexibility index (Phi) is 6.20. The zero-order valence-electron chi connectivity index (χ0n) is 18.7. The molecule has 4 aliphatic rings. The number of quaternary nitrogens is 1. The van der Waals surface area contributed by atoms with Crippen molar-refractivity contribution in [2.75, 3.05) is 31.5 Å². The van der Waals surface area contributed by atoms with Crippen molar-refractivity contribution in [3.05, 3.63) is 41.0 Å². The van der Waals surface area contributed by atoms with Crippen molar-refractivity contribution in [1.29, 1.82) is 0 Å². The van der Waals surface area contributed by atoms with E-state index in [9.17, 15) is 14.7 Å². The third-order valence-electron chi connectivity index (χ3n) is 7.83. The number of aromatic nitrogens is 2. The standard InChI is InChI=1S/C24H30N4O4S/c29-22(27-21-13-25-8-9-26-21)15-28-10-5-17(6-11-28)20(14-28)32-23(30)24(31,18-3-1-2-4-18)19-7-12-33-16-19/h7-9,12-13,16-18,20,31H,1-6,10-11,14-15H2/p+1/t17?,20?,24-,28?/m1/s1. The van der Waals surface area contributed by atoms with Crippen molar-refractivity contribution in [1.82, 2.24) is 9.97 Å². The third-order valence-corrected chi connectivity index (χ3v) is 8.51. The van der Waals surface area contributed by atoms with Gasteiger partial charge in [-0.2, -0.15) is 11.3 Å². The number of hydrogen-bond acceptors (Lipinski definition) is 7. The summed E-state index contributed by atoms with van der Waals surface area (Å²) in [7, 11) is 0. The van der Waals surface area contributed by atoms with Crippen molar-refractivity contribution in [2.24, 2.45) is 11.8 Å². The van der Waals surface area contributed by atoms with E-state index < -0.39 is 11.6 Å². The first kappa shape index (κ1) is 22.4. The lowest BCUT2D eigenvalue weighted by Crippen LogP contribution is -2.66. The first-order valence-corrected chi connectivity index (χ1v) is 12.8. The highest BCUT2D eigenvalue weighted by Gasteiger charge is 2.53. The highest BCUT2D eigenvalue weighted by Crippen LogP contribution is 2.43. The third kappa shape index (κ3) is 4.41. The number of carbonyl (C=O) groups is 2. The quantitative estimate of drug-likeness (QED) is 0.476. The number of carbonyl (C=O) groups excluding carboxylic acids is 2. The van der Waals surface area contributed by atoms with Gasteiger partial charge >= 0.3 is 5.97 Å². The average molecular weight is 472 g/mol. The normalized spacial score (nSPS) is 28.9. The van der Waals surface area contributed by atoms with Crippen molar-refractivity contribution in [3.8, 4) is 0 Å². The van der Waals surface area contributed by atoms with Crippen LogP contribution in [-0.2, 0) is 19.9 Å². The number of fused-ring (bicyclic) bond motifs is 3. The maximum atomic E-state index is 13.5. The van der Waals surface area contributed by atoms with Gasteiger partial charge in [0.25, 0.3) is 5.91 Å². The lowest BCUT2D eigenvalue weighted by atomic mass is 9.80. The summed E-state index contributed by atoms with van der Waals surface area (Å²) in [5.74, 6) is -0.0165. The Morgan fingerprint density at radius 1 is 1.21 bits per heavy atom. The largest absolute Gasteiger partial charge is 0.454 e. The second-order valence-corrected chi connectivity index (χ2v) is 10.6. The molecule has 0 aromatic carbocycles. The number of nitrogens with one attached hydrogen (secondary N) is 1. The van der Waals surface area contributed by atoms with Crippen molar-refractivity contribution in [3.63, 3.8) is 0 Å². The van der Waals surface area contributed by atoms with Gasteiger partial charge in [-0.25, -0.2) is 9.78 Å². The number of anilines is 1. The fourth-order valence-electron chi connectivity index (χ4n) is 6.00. The van der Waals surface area contributed by atoms with Crippen LogP contribution in [0, 0.1) is 11.8 Å². The summed E-state index contributed by atoms with van der Waals surface area (Å²) in [5, 5.41) is 18.2. The lowest BCUT2D eigenvalue weighted by Gasteiger charge is -2.51. The highest BCUT2D eigenvalue weighted by molar-refractivity contribution is 7.08. The fraction of sp³-hybridized carbons (Fsp3) is 0.583. The molecule has 2 bridgehead atoms. The maximum absolute atomic E-state index is 13.5. The van der Waals surface area contributed by atoms with E-state index in [1.165, 1.54) is 17.5 Å². The van der Waals surface area contributed by atoms with Gasteiger partial charge in [-0.15, -0.1) is 0 Å². The molecule has 33 heavy (non-hydrogen) atoms. The van der Waals surface area contributed by atoms with Gasteiger partial charge < -0.3 is 19.6 Å². The molecule has 2 aromatic rings. The van der Waals surface area contributed by atoms with Gasteiger partial charge in [0.05, 0.1) is 19.3 Å². The predicted octanol–water partition coefficient (Wildman–Crippen LogP) is 2.71. The predicted molar refractivity (Wildman–Crippen MR) is 123 cm³/mol. The number of rotatable bonds is 7. The first-order valence-electron chi connectivity index (χ1n) is 11.9. The minimum absolute atomic E-state index is 0.110. The van der Waals surface area contributed by atoms with Crippen molar-refractivity contribution < 1.29 is 23.9 Å². The van der Waals surface area contributed by atoms with Gasteiger partial charge in [0.1, 0.15) is 6.54 Å². The summed E-state index contributed by atoms with van der Waals surface area (Å²) in [6.07, 6.45) is 9.89. The van der Waals surface area contributed by atoms with E-state index in [1.54, 1.807) is 12.4 Å². The molecule has 1 saturated carbocycles. The number of thiophene rings is 1. The second-order valence-electron chi connectivity index (χ2n) is 9.81. The van der Waals surface area contributed by atoms with Crippen LogP contribution in [0.15, 0.2) is 35.4 Å². The van der Waals surface area contributed by atoms with E-state index in [1.807, 2.05) is 16.8 Å². The molecule has 3 aliphatic heterocycles. The maximum Gasteiger partial charge on any atom is 0.343 e. The van der Waals surface area contributed by atoms with Crippen LogP contribution < -0.4 is 5.32 Å². The Bertz CT molecular complexity index is 972. The summed E-state index contributed by atoms with van der Waals surface area (Å²) in [4.78, 5) is 34.3. The van der Waals surface area contributed by atoms with Crippen LogP contribution >= 0.6 is 11.3 Å². The smallest absolute Gasteiger partial charge is 0.343 e. The molecule has 1 amide bonds. The Labute approximate surface area is 197 Å². The molecule has 0 radical (unpaired) electrons. The molecule has 4 fully saturated rings. The van der Waals surface area contributed by atoms with Crippen molar-refractivity contribution >= 4 is 29.0 Å². The molecule has 1 aliphatic carbocycles. The van der Waals surface area contributed by atoms with Gasteiger partial charge in [0, 0.05) is 42.6 Å². The number of esters is 1. The number of hydrogen-bond donors (Lipinski definition) is 2. The molecule has 2 N–H and O–H groups in total. The highest BCUT2D eigenvalue weighted by atomic mass is 32.1. The number of nitrogens with zero attached hydrogens (tertiary/aromatic N) is 3. The summed E-state index contributed by atoms with van der Waals surface area (Å²) in [5.41, 5.74) is -0.936. The van der Waals surface area contributed by atoms with Crippen LogP contribution in [0.5, 0.6) is 0 Å². The Morgan fingerprint density at radius 2 is 2.00 bits per heavy atom. The molecule has 2 atom stereocenters. The van der Waals surface area contributed by atoms with E-state index in [-0.39, 0.29) is 23.8 Å². The monoisotopic (exact) mass is 471 g/mol. The molecule has 176 valence electrons. The van der Waals surface area contributed by atoms with Crippen LogP contribution in [0.4, 0.5) is 5.82 Å². The number of aliphatic hydroxyl groups is 1. The van der Waals surface area contributed by atoms with E-state index in [0.29, 0.717) is 29.0 Å². The molecule has 5 heterocycles. The fourth-order valence-corrected chi connectivity index (χ4v) is 6.71. The average Bonchev–Trinajstić information content (AvgIpc) is 3.54. The van der Waals surface area contributed by atoms with Crippen LogP contribution in [0.2, 0.25) is 0 Å². The van der Waals surface area contributed by atoms with Crippen LogP contribution in [0.3, 0.4) is 0 Å². The summed E-state index contributed by atoms with van der Waals surface area (Å²) in [6.45, 7) is 2.71. The molecule has 8 nitrogen and oxygen atoms in total. The molecule has 2 aromatic heterocycles. The van der Waals surface area contributed by atoms with Crippen LogP contribution in [0.1, 0.15) is 44.1 Å². The summed E-state index contributed by atoms with van der Waals surface area (Å²) in [6, 6.07) is 1.84. The topological polar surface area (TPSA) is 101 Å². The minimum atomic E-state index is -1.59. The number of amides is 1. The van der Waals surface area contributed by atoms with Gasteiger partial charge in [-0.3, -0.25) is 9.78 Å². The van der Waals surface area contributed by atoms with Gasteiger partial charge in [0.15, 0.2) is 24.1 Å².